The smallest absolute Gasteiger partial charge is 0.0647 e. The zero-order valence-electron chi connectivity index (χ0n) is 6.91. The molecule has 0 amide bonds. The minimum atomic E-state index is 0.587. The van der Waals surface area contributed by atoms with Crippen LogP contribution in [0.25, 0.3) is 10.9 Å². The second-order valence-corrected chi connectivity index (χ2v) is 2.86. The average Bonchev–Trinajstić information content (AvgIpc) is 2.12. The fourth-order valence-electron chi connectivity index (χ4n) is 1.37. The van der Waals surface area contributed by atoms with Crippen LogP contribution < -0.4 is 5.36 Å². The Kier molecular flexibility index (Phi) is 1.47. The molecule has 1 N–H and O–H groups in total. The molecule has 2 nitrogen and oxygen atoms in total. The van der Waals surface area contributed by atoms with Gasteiger partial charge in [-0.3, -0.25) is 0 Å². The highest BCUT2D eigenvalue weighted by Gasteiger charge is 1.94. The summed E-state index contributed by atoms with van der Waals surface area (Å²) in [4.78, 5) is 0. The third-order valence-electron chi connectivity index (χ3n) is 2.04. The van der Waals surface area contributed by atoms with E-state index < -0.39 is 0 Å². The van der Waals surface area contributed by atoms with E-state index in [-0.39, 0.29) is 0 Å². The van der Waals surface area contributed by atoms with E-state index in [1.54, 1.807) is 0 Å². The molecule has 1 aromatic heterocycles. The molecule has 0 aliphatic rings. The number of rotatable bonds is 0. The van der Waals surface area contributed by atoms with E-state index in [2.05, 4.69) is 0 Å². The number of aromatic nitrogens is 1. The molecule has 2 heteroatoms. The highest BCUT2D eigenvalue weighted by atomic mass is 14.9. The zero-order valence-corrected chi connectivity index (χ0v) is 6.91. The number of nitrogens with one attached hydrogen (secondary N) is 1. The molecule has 2 rings (SSSR count). The maximum atomic E-state index is 7.65. The fraction of sp³-hybridized carbons (Fsp3) is 0.100. The van der Waals surface area contributed by atoms with Crippen molar-refractivity contribution in [3.63, 3.8) is 0 Å². The van der Waals surface area contributed by atoms with Gasteiger partial charge in [-0.2, -0.15) is 0 Å². The number of nitrogens with zero attached hydrogens (tertiary/aromatic N) is 1. The molecule has 0 aliphatic heterocycles. The Morgan fingerprint density at radius 3 is 2.67 bits per heavy atom. The molecular formula is C10H10N2. The number of aryl methyl sites for hydroxylation is 1. The summed E-state index contributed by atoms with van der Waals surface area (Å²) < 4.78 is 2.02. The van der Waals surface area contributed by atoms with Crippen molar-refractivity contribution in [2.24, 2.45) is 7.05 Å². The summed E-state index contributed by atoms with van der Waals surface area (Å²) in [5, 5.41) is 9.24. The first-order chi connectivity index (χ1) is 5.79. The predicted molar refractivity (Wildman–Crippen MR) is 48.8 cm³/mol. The SMILES string of the molecule is Cn1ccc(=N)c2ccccc21. The van der Waals surface area contributed by atoms with Crippen molar-refractivity contribution in [3.05, 3.63) is 41.9 Å². The highest BCUT2D eigenvalue weighted by molar-refractivity contribution is 5.78. The van der Waals surface area contributed by atoms with Crippen LogP contribution in [-0.4, -0.2) is 4.57 Å². The Hall–Kier alpha value is -1.57. The van der Waals surface area contributed by atoms with E-state index in [1.807, 2.05) is 48.1 Å². The molecule has 0 atom stereocenters. The monoisotopic (exact) mass is 158 g/mol. The second-order valence-electron chi connectivity index (χ2n) is 2.86. The van der Waals surface area contributed by atoms with Gasteiger partial charge in [0.15, 0.2) is 0 Å². The Balaban J connectivity index is 3.05. The van der Waals surface area contributed by atoms with Crippen LogP contribution in [0.4, 0.5) is 0 Å². The molecule has 0 radical (unpaired) electrons. The lowest BCUT2D eigenvalue weighted by Gasteiger charge is -2.03. The van der Waals surface area contributed by atoms with E-state index in [9.17, 15) is 0 Å². The summed E-state index contributed by atoms with van der Waals surface area (Å²) in [5.41, 5.74) is 1.10. The maximum Gasteiger partial charge on any atom is 0.0647 e. The van der Waals surface area contributed by atoms with Crippen LogP contribution in [0.1, 0.15) is 0 Å². The molecule has 0 saturated heterocycles. The van der Waals surface area contributed by atoms with Gasteiger partial charge in [0.2, 0.25) is 0 Å². The fourth-order valence-corrected chi connectivity index (χ4v) is 1.37. The van der Waals surface area contributed by atoms with Gasteiger partial charge in [-0.1, -0.05) is 18.2 Å². The average molecular weight is 158 g/mol. The van der Waals surface area contributed by atoms with Crippen LogP contribution in [0, 0.1) is 5.41 Å². The van der Waals surface area contributed by atoms with E-state index in [1.165, 1.54) is 0 Å². The van der Waals surface area contributed by atoms with Crippen molar-refractivity contribution in [1.29, 1.82) is 5.41 Å². The third kappa shape index (κ3) is 0.925. The molecule has 0 unspecified atom stereocenters. The lowest BCUT2D eigenvalue weighted by molar-refractivity contribution is 0.946. The molecule has 0 saturated carbocycles. The lowest BCUT2D eigenvalue weighted by atomic mass is 10.2. The number of pyridine rings is 1. The summed E-state index contributed by atoms with van der Waals surface area (Å²) in [7, 11) is 1.99. The molecular weight excluding hydrogens is 148 g/mol. The van der Waals surface area contributed by atoms with Crippen molar-refractivity contribution in [3.8, 4) is 0 Å². The number of benzene rings is 1. The molecule has 0 bridgehead atoms. The van der Waals surface area contributed by atoms with Gasteiger partial charge in [-0.25, -0.2) is 0 Å². The molecule has 0 aliphatic carbocycles. The van der Waals surface area contributed by atoms with Crippen LogP contribution in [0.5, 0.6) is 0 Å². The van der Waals surface area contributed by atoms with E-state index in [0.717, 1.165) is 10.9 Å². The molecule has 1 heterocycles. The van der Waals surface area contributed by atoms with Crippen molar-refractivity contribution in [1.82, 2.24) is 4.57 Å². The molecule has 12 heavy (non-hydrogen) atoms. The zero-order chi connectivity index (χ0) is 8.55. The van der Waals surface area contributed by atoms with E-state index >= 15 is 0 Å². The number of hydrogen-bond acceptors (Lipinski definition) is 1. The Morgan fingerprint density at radius 2 is 1.92 bits per heavy atom. The van der Waals surface area contributed by atoms with Crippen molar-refractivity contribution in [2.75, 3.05) is 0 Å². The van der Waals surface area contributed by atoms with Crippen LogP contribution in [0.3, 0.4) is 0 Å². The maximum absolute atomic E-state index is 7.65. The summed E-state index contributed by atoms with van der Waals surface area (Å²) in [6.45, 7) is 0. The minimum absolute atomic E-state index is 0.587. The lowest BCUT2D eigenvalue weighted by Crippen LogP contribution is -2.04. The number of hydrogen-bond donors (Lipinski definition) is 1. The number of para-hydroxylation sites is 1. The molecule has 0 fully saturated rings. The van der Waals surface area contributed by atoms with Gasteiger partial charge in [-0.05, 0) is 12.1 Å². The summed E-state index contributed by atoms with van der Waals surface area (Å²) in [6.07, 6.45) is 1.91. The molecule has 2 aromatic rings. The topological polar surface area (TPSA) is 28.8 Å². The standard InChI is InChI=1S/C10H10N2/c1-12-7-6-9(11)8-4-2-3-5-10(8)12/h2-7,11H,1H3. The van der Waals surface area contributed by atoms with Gasteiger partial charge in [0.25, 0.3) is 0 Å². The summed E-state index contributed by atoms with van der Waals surface area (Å²) in [6, 6.07) is 9.75. The predicted octanol–water partition coefficient (Wildman–Crippen LogP) is 1.66. The van der Waals surface area contributed by atoms with Crippen LogP contribution in [0.15, 0.2) is 36.5 Å². The molecule has 1 aromatic carbocycles. The largest absolute Gasteiger partial charge is 0.350 e. The first-order valence-corrected chi connectivity index (χ1v) is 3.88. The van der Waals surface area contributed by atoms with Gasteiger partial charge >= 0.3 is 0 Å². The Labute approximate surface area is 70.6 Å². The first-order valence-electron chi connectivity index (χ1n) is 3.88. The Bertz CT molecular complexity index is 468. The third-order valence-corrected chi connectivity index (χ3v) is 2.04. The minimum Gasteiger partial charge on any atom is -0.350 e. The van der Waals surface area contributed by atoms with Crippen molar-refractivity contribution >= 4 is 10.9 Å². The van der Waals surface area contributed by atoms with Crippen molar-refractivity contribution < 1.29 is 0 Å². The van der Waals surface area contributed by atoms with E-state index in [4.69, 9.17) is 5.41 Å². The van der Waals surface area contributed by atoms with Crippen LogP contribution in [0.2, 0.25) is 0 Å². The van der Waals surface area contributed by atoms with E-state index in [0.29, 0.717) is 5.36 Å². The van der Waals surface area contributed by atoms with Gasteiger partial charge in [0.1, 0.15) is 0 Å². The van der Waals surface area contributed by atoms with Gasteiger partial charge < -0.3 is 9.98 Å². The molecule has 60 valence electrons. The highest BCUT2D eigenvalue weighted by Crippen LogP contribution is 2.06. The first kappa shape index (κ1) is 7.10. The summed E-state index contributed by atoms with van der Waals surface area (Å²) >= 11 is 0. The van der Waals surface area contributed by atoms with Crippen molar-refractivity contribution in [2.45, 2.75) is 0 Å². The second kappa shape index (κ2) is 2.48. The van der Waals surface area contributed by atoms with Crippen LogP contribution in [-0.2, 0) is 7.05 Å². The summed E-state index contributed by atoms with van der Waals surface area (Å²) in [5.74, 6) is 0. The van der Waals surface area contributed by atoms with Crippen LogP contribution >= 0.6 is 0 Å². The quantitative estimate of drug-likeness (QED) is 0.604. The molecule has 0 spiro atoms. The van der Waals surface area contributed by atoms with Gasteiger partial charge in [0, 0.05) is 24.1 Å². The Morgan fingerprint density at radius 1 is 1.17 bits per heavy atom. The van der Waals surface area contributed by atoms with Gasteiger partial charge in [-0.15, -0.1) is 0 Å². The van der Waals surface area contributed by atoms with Gasteiger partial charge in [0.05, 0.1) is 5.36 Å². The normalized spacial score (nSPS) is 10.4. The number of fused-ring (bicyclic) bond motifs is 1.